The summed E-state index contributed by atoms with van der Waals surface area (Å²) < 4.78 is 5.47. The second-order valence-electron chi connectivity index (χ2n) is 6.20. The lowest BCUT2D eigenvalue weighted by atomic mass is 9.48. The highest BCUT2D eigenvalue weighted by Gasteiger charge is 2.52. The zero-order valence-electron chi connectivity index (χ0n) is 9.08. The SMILES string of the molecule is C1=C(C23CC4CC(CC(C4)C2)C3)COS1. The minimum Gasteiger partial charge on any atom is -0.306 e. The summed E-state index contributed by atoms with van der Waals surface area (Å²) in [6.45, 7) is 0.914. The highest BCUT2D eigenvalue weighted by molar-refractivity contribution is 7.97. The van der Waals surface area contributed by atoms with E-state index >= 15 is 0 Å². The van der Waals surface area contributed by atoms with E-state index in [-0.39, 0.29) is 0 Å². The largest absolute Gasteiger partial charge is 0.306 e. The maximum Gasteiger partial charge on any atom is 0.0843 e. The van der Waals surface area contributed by atoms with Gasteiger partial charge >= 0.3 is 0 Å². The van der Waals surface area contributed by atoms with Gasteiger partial charge in [-0.1, -0.05) is 0 Å². The average molecular weight is 222 g/mol. The molecule has 5 aliphatic rings. The summed E-state index contributed by atoms with van der Waals surface area (Å²) in [5, 5.41) is 2.31. The lowest BCUT2D eigenvalue weighted by Crippen LogP contribution is -2.47. The van der Waals surface area contributed by atoms with Gasteiger partial charge in [0.05, 0.1) is 6.61 Å². The average Bonchev–Trinajstić information content (AvgIpc) is 2.67. The van der Waals surface area contributed by atoms with Crippen molar-refractivity contribution in [1.82, 2.24) is 0 Å². The molecule has 0 aromatic rings. The van der Waals surface area contributed by atoms with Crippen molar-refractivity contribution in [1.29, 1.82) is 0 Å². The third-order valence-electron chi connectivity index (χ3n) is 5.19. The molecule has 0 N–H and O–H groups in total. The van der Waals surface area contributed by atoms with Crippen LogP contribution in [-0.4, -0.2) is 6.61 Å². The maximum absolute atomic E-state index is 5.47. The van der Waals surface area contributed by atoms with Gasteiger partial charge in [0.15, 0.2) is 0 Å². The smallest absolute Gasteiger partial charge is 0.0843 e. The van der Waals surface area contributed by atoms with Crippen molar-refractivity contribution in [3.8, 4) is 0 Å². The molecule has 0 atom stereocenters. The molecule has 4 fully saturated rings. The van der Waals surface area contributed by atoms with Gasteiger partial charge in [0.25, 0.3) is 0 Å². The van der Waals surface area contributed by atoms with Gasteiger partial charge in [0.1, 0.15) is 0 Å². The molecule has 0 saturated heterocycles. The molecule has 1 aliphatic heterocycles. The van der Waals surface area contributed by atoms with Crippen LogP contribution in [-0.2, 0) is 4.18 Å². The zero-order chi connectivity index (χ0) is 9.88. The molecule has 0 spiro atoms. The van der Waals surface area contributed by atoms with Crippen molar-refractivity contribution in [2.45, 2.75) is 38.5 Å². The normalized spacial score (nSPS) is 52.3. The third kappa shape index (κ3) is 1.27. The fourth-order valence-electron chi connectivity index (χ4n) is 5.01. The molecule has 0 aromatic heterocycles. The van der Waals surface area contributed by atoms with Crippen LogP contribution in [0.5, 0.6) is 0 Å². The molecule has 1 nitrogen and oxygen atoms in total. The first-order chi connectivity index (χ1) is 7.34. The minimum absolute atomic E-state index is 0.595. The molecule has 1 heterocycles. The van der Waals surface area contributed by atoms with Gasteiger partial charge < -0.3 is 4.18 Å². The van der Waals surface area contributed by atoms with E-state index in [2.05, 4.69) is 5.41 Å². The number of hydrogen-bond donors (Lipinski definition) is 0. The van der Waals surface area contributed by atoms with Gasteiger partial charge in [-0.15, -0.1) is 0 Å². The predicted molar refractivity (Wildman–Crippen MR) is 62.2 cm³/mol. The highest BCUT2D eigenvalue weighted by atomic mass is 32.2. The van der Waals surface area contributed by atoms with Crippen molar-refractivity contribution < 1.29 is 4.18 Å². The molecule has 4 bridgehead atoms. The molecule has 2 heteroatoms. The van der Waals surface area contributed by atoms with Crippen molar-refractivity contribution >= 4 is 12.0 Å². The van der Waals surface area contributed by atoms with Crippen molar-refractivity contribution in [2.24, 2.45) is 23.2 Å². The summed E-state index contributed by atoms with van der Waals surface area (Å²) in [6.07, 6.45) is 9.07. The first-order valence-electron chi connectivity index (χ1n) is 6.32. The quantitative estimate of drug-likeness (QED) is 0.625. The van der Waals surface area contributed by atoms with E-state index in [0.29, 0.717) is 5.41 Å². The van der Waals surface area contributed by atoms with Crippen LogP contribution >= 0.6 is 12.0 Å². The summed E-state index contributed by atoms with van der Waals surface area (Å²) in [6, 6.07) is 0. The molecule has 4 saturated carbocycles. The van der Waals surface area contributed by atoms with Gasteiger partial charge in [-0.05, 0) is 67.3 Å². The Balaban J connectivity index is 1.71. The third-order valence-corrected chi connectivity index (χ3v) is 5.83. The van der Waals surface area contributed by atoms with Crippen LogP contribution in [0.4, 0.5) is 0 Å². The number of rotatable bonds is 1. The van der Waals surface area contributed by atoms with Crippen LogP contribution in [0, 0.1) is 23.2 Å². The summed E-state index contributed by atoms with van der Waals surface area (Å²) in [5.74, 6) is 3.17. The van der Waals surface area contributed by atoms with Crippen LogP contribution in [0.1, 0.15) is 38.5 Å². The van der Waals surface area contributed by atoms with Crippen molar-refractivity contribution in [3.05, 3.63) is 11.0 Å². The van der Waals surface area contributed by atoms with Gasteiger partial charge in [-0.25, -0.2) is 0 Å². The van der Waals surface area contributed by atoms with E-state index < -0.39 is 0 Å². The monoisotopic (exact) mass is 222 g/mol. The van der Waals surface area contributed by atoms with E-state index in [1.54, 1.807) is 36.9 Å². The van der Waals surface area contributed by atoms with Crippen LogP contribution in [0.2, 0.25) is 0 Å². The van der Waals surface area contributed by atoms with E-state index in [1.165, 1.54) is 19.3 Å². The fourth-order valence-corrected chi connectivity index (χ4v) is 5.70. The zero-order valence-corrected chi connectivity index (χ0v) is 9.89. The Kier molecular flexibility index (Phi) is 1.85. The molecular weight excluding hydrogens is 204 g/mol. The Bertz CT molecular complexity index is 285. The standard InChI is InChI=1S/C13H18OS/c1-9-2-11-3-10(1)5-13(4-9,6-11)12-7-14-15-8-12/h8-11H,1-7H2. The van der Waals surface area contributed by atoms with Crippen molar-refractivity contribution in [2.75, 3.05) is 6.61 Å². The van der Waals surface area contributed by atoms with E-state index in [1.807, 2.05) is 0 Å². The minimum atomic E-state index is 0.595. The van der Waals surface area contributed by atoms with E-state index in [4.69, 9.17) is 4.18 Å². The lowest BCUT2D eigenvalue weighted by Gasteiger charge is -2.57. The Morgan fingerprint density at radius 2 is 1.67 bits per heavy atom. The highest BCUT2D eigenvalue weighted by Crippen LogP contribution is 2.63. The number of hydrogen-bond acceptors (Lipinski definition) is 2. The lowest BCUT2D eigenvalue weighted by molar-refractivity contribution is -0.0330. The van der Waals surface area contributed by atoms with E-state index in [0.717, 1.165) is 24.4 Å². The molecule has 5 rings (SSSR count). The summed E-state index contributed by atoms with van der Waals surface area (Å²) >= 11 is 1.57. The molecular formula is C13H18OS. The molecule has 0 amide bonds. The van der Waals surface area contributed by atoms with E-state index in [9.17, 15) is 0 Å². The Hall–Kier alpha value is 0.0500. The van der Waals surface area contributed by atoms with Crippen LogP contribution in [0.25, 0.3) is 0 Å². The maximum atomic E-state index is 5.47. The Labute approximate surface area is 95.9 Å². The second kappa shape index (κ2) is 3.04. The summed E-state index contributed by atoms with van der Waals surface area (Å²) in [5.41, 5.74) is 2.24. The first kappa shape index (κ1) is 9.12. The van der Waals surface area contributed by atoms with Gasteiger partial charge in [0, 0.05) is 17.5 Å². The van der Waals surface area contributed by atoms with Gasteiger partial charge in [0.2, 0.25) is 0 Å². The Morgan fingerprint density at radius 3 is 2.13 bits per heavy atom. The molecule has 15 heavy (non-hydrogen) atoms. The summed E-state index contributed by atoms with van der Waals surface area (Å²) in [4.78, 5) is 0. The molecule has 0 unspecified atom stereocenters. The molecule has 0 aromatic carbocycles. The van der Waals surface area contributed by atoms with Gasteiger partial charge in [-0.3, -0.25) is 0 Å². The second-order valence-corrected chi connectivity index (χ2v) is 6.86. The van der Waals surface area contributed by atoms with Crippen LogP contribution in [0.3, 0.4) is 0 Å². The topological polar surface area (TPSA) is 9.23 Å². The Morgan fingerprint density at radius 1 is 1.07 bits per heavy atom. The molecule has 0 radical (unpaired) electrons. The van der Waals surface area contributed by atoms with Crippen LogP contribution in [0.15, 0.2) is 11.0 Å². The summed E-state index contributed by atoms with van der Waals surface area (Å²) in [7, 11) is 0. The van der Waals surface area contributed by atoms with Crippen molar-refractivity contribution in [3.63, 3.8) is 0 Å². The van der Waals surface area contributed by atoms with Crippen LogP contribution < -0.4 is 0 Å². The molecule has 82 valence electrons. The first-order valence-corrected chi connectivity index (χ1v) is 7.12. The van der Waals surface area contributed by atoms with Gasteiger partial charge in [-0.2, -0.15) is 0 Å². The fraction of sp³-hybridized carbons (Fsp3) is 0.846. The molecule has 4 aliphatic carbocycles. The predicted octanol–water partition coefficient (Wildman–Crippen LogP) is 3.77.